The van der Waals surface area contributed by atoms with Crippen molar-refractivity contribution in [3.05, 3.63) is 30.3 Å². The predicted molar refractivity (Wildman–Crippen MR) is 106 cm³/mol. The van der Waals surface area contributed by atoms with Crippen molar-refractivity contribution >= 4 is 53.8 Å². The third kappa shape index (κ3) is 9.11. The van der Waals surface area contributed by atoms with Gasteiger partial charge in [-0.05, 0) is 26.0 Å². The van der Waals surface area contributed by atoms with Crippen LogP contribution in [0.25, 0.3) is 0 Å². The molecule has 0 aromatic heterocycles. The van der Waals surface area contributed by atoms with Gasteiger partial charge in [0.1, 0.15) is 4.83 Å². The largest absolute Gasteiger partial charge is 0.466 e. The molecule has 0 amide bonds. The van der Waals surface area contributed by atoms with Crippen LogP contribution in [-0.2, 0) is 29.1 Å². The van der Waals surface area contributed by atoms with Crippen LogP contribution in [0.3, 0.4) is 0 Å². The Morgan fingerprint density at radius 2 is 1.65 bits per heavy atom. The van der Waals surface area contributed by atoms with Crippen LogP contribution in [0.1, 0.15) is 20.8 Å². The van der Waals surface area contributed by atoms with Gasteiger partial charge in [-0.2, -0.15) is 4.31 Å². The Morgan fingerprint density at radius 3 is 2.04 bits per heavy atom. The quantitative estimate of drug-likeness (QED) is 0.300. The van der Waals surface area contributed by atoms with Crippen molar-refractivity contribution in [3.8, 4) is 0 Å². The number of alkyl halides is 2. The van der Waals surface area contributed by atoms with E-state index in [4.69, 9.17) is 4.74 Å². The van der Waals surface area contributed by atoms with Crippen LogP contribution in [-0.4, -0.2) is 54.7 Å². The minimum absolute atomic E-state index is 0.0126. The van der Waals surface area contributed by atoms with Crippen LogP contribution in [0.15, 0.2) is 35.2 Å². The first kappa shape index (κ1) is 25.0. The smallest absolute Gasteiger partial charge is 0.321 e. The molecule has 7 nitrogen and oxygen atoms in total. The maximum atomic E-state index is 12.4. The third-order valence-corrected chi connectivity index (χ3v) is 6.19. The molecule has 1 unspecified atom stereocenters. The van der Waals surface area contributed by atoms with Gasteiger partial charge < -0.3 is 9.47 Å². The molecule has 0 radical (unpaired) electrons. The highest BCUT2D eigenvalue weighted by molar-refractivity contribution is 9.10. The molecule has 0 spiro atoms. The lowest BCUT2D eigenvalue weighted by molar-refractivity contribution is -0.142. The molecule has 0 saturated carbocycles. The number of hydrogen-bond donors (Lipinski definition) is 0. The van der Waals surface area contributed by atoms with Crippen molar-refractivity contribution in [1.82, 2.24) is 4.31 Å². The number of hydrogen-bond acceptors (Lipinski definition) is 6. The van der Waals surface area contributed by atoms with Gasteiger partial charge in [-0.15, -0.1) is 0 Å². The number of sulfonamides is 1. The van der Waals surface area contributed by atoms with Crippen molar-refractivity contribution < 1.29 is 27.5 Å². The number of halogens is 2. The van der Waals surface area contributed by atoms with Crippen molar-refractivity contribution in [2.75, 3.05) is 25.2 Å². The van der Waals surface area contributed by atoms with Crippen molar-refractivity contribution in [1.29, 1.82) is 0 Å². The van der Waals surface area contributed by atoms with Gasteiger partial charge >= 0.3 is 11.9 Å². The molecule has 0 heterocycles. The summed E-state index contributed by atoms with van der Waals surface area (Å²) in [5.41, 5.74) is 0.0890. The zero-order valence-electron chi connectivity index (χ0n) is 14.9. The van der Waals surface area contributed by atoms with E-state index < -0.39 is 20.8 Å². The second-order valence-electron chi connectivity index (χ2n) is 4.72. The number of carbonyl (C=O) groups excluding carboxylic acids is 2. The normalized spacial score (nSPS) is 11.9. The monoisotopic (exact) mass is 515 g/mol. The topological polar surface area (TPSA) is 90.0 Å². The molecule has 1 aromatic rings. The molecular formula is C16H23Br2NO6S. The Balaban J connectivity index is 0.000000896. The van der Waals surface area contributed by atoms with E-state index in [0.717, 1.165) is 0 Å². The molecule has 0 aliphatic rings. The molecule has 0 aliphatic carbocycles. The standard InChI is InChI=1S/C12H15Br2NO4S.C4H8O2/c1-2-19-12(16)11(14)8-15(9-13)20(17,18)10-6-4-3-5-7-10;1-3-6-4(2)5/h3-7,11H,2,8-9H2,1H3;3H2,1-2H3. The van der Waals surface area contributed by atoms with Gasteiger partial charge in [0.25, 0.3) is 0 Å². The first-order valence-corrected chi connectivity index (χ1v) is 11.2. The minimum Gasteiger partial charge on any atom is -0.466 e. The van der Waals surface area contributed by atoms with Gasteiger partial charge in [0.2, 0.25) is 10.0 Å². The predicted octanol–water partition coefficient (Wildman–Crippen LogP) is 2.93. The van der Waals surface area contributed by atoms with E-state index in [1.54, 1.807) is 32.0 Å². The molecule has 0 aliphatic heterocycles. The van der Waals surface area contributed by atoms with Gasteiger partial charge in [0, 0.05) is 13.5 Å². The average Bonchev–Trinajstić information content (AvgIpc) is 2.60. The molecule has 26 heavy (non-hydrogen) atoms. The highest BCUT2D eigenvalue weighted by Crippen LogP contribution is 2.18. The van der Waals surface area contributed by atoms with Crippen molar-refractivity contribution in [3.63, 3.8) is 0 Å². The van der Waals surface area contributed by atoms with Crippen LogP contribution in [0.4, 0.5) is 0 Å². The van der Waals surface area contributed by atoms with Crippen LogP contribution < -0.4 is 0 Å². The van der Waals surface area contributed by atoms with E-state index in [1.165, 1.54) is 23.4 Å². The van der Waals surface area contributed by atoms with Gasteiger partial charge in [0.05, 0.1) is 23.6 Å². The van der Waals surface area contributed by atoms with E-state index in [9.17, 15) is 18.0 Å². The summed E-state index contributed by atoms with van der Waals surface area (Å²) in [6.07, 6.45) is 0. The zero-order chi connectivity index (χ0) is 20.2. The second kappa shape index (κ2) is 13.2. The van der Waals surface area contributed by atoms with Crippen LogP contribution in [0.2, 0.25) is 0 Å². The average molecular weight is 517 g/mol. The first-order valence-electron chi connectivity index (χ1n) is 7.75. The lowest BCUT2D eigenvalue weighted by atomic mass is 10.4. The summed E-state index contributed by atoms with van der Waals surface area (Å²) in [5, 5.41) is 0. The SMILES string of the molecule is CCOC(=O)C(Br)CN(CBr)S(=O)(=O)c1ccccc1.CCOC(C)=O. The number of esters is 2. The third-order valence-electron chi connectivity index (χ3n) is 2.77. The van der Waals surface area contributed by atoms with Crippen LogP contribution in [0, 0.1) is 0 Å². The molecule has 148 valence electrons. The Kier molecular flexibility index (Phi) is 12.7. The van der Waals surface area contributed by atoms with Gasteiger partial charge in [-0.25, -0.2) is 8.42 Å². The summed E-state index contributed by atoms with van der Waals surface area (Å²) >= 11 is 6.29. The highest BCUT2D eigenvalue weighted by Gasteiger charge is 2.28. The summed E-state index contributed by atoms with van der Waals surface area (Å²) in [7, 11) is -3.65. The maximum Gasteiger partial charge on any atom is 0.321 e. The van der Waals surface area contributed by atoms with E-state index in [2.05, 4.69) is 36.6 Å². The molecule has 10 heteroatoms. The zero-order valence-corrected chi connectivity index (χ0v) is 18.8. The summed E-state index contributed by atoms with van der Waals surface area (Å²) in [4.78, 5) is 20.8. The Morgan fingerprint density at radius 1 is 1.12 bits per heavy atom. The highest BCUT2D eigenvalue weighted by atomic mass is 79.9. The van der Waals surface area contributed by atoms with Gasteiger partial charge in [-0.1, -0.05) is 50.1 Å². The van der Waals surface area contributed by atoms with Crippen molar-refractivity contribution in [2.45, 2.75) is 30.5 Å². The summed E-state index contributed by atoms with van der Waals surface area (Å²) < 4.78 is 35.2. The van der Waals surface area contributed by atoms with E-state index in [0.29, 0.717) is 6.61 Å². The second-order valence-corrected chi connectivity index (χ2v) is 8.26. The van der Waals surface area contributed by atoms with E-state index in [1.807, 2.05) is 0 Å². The molecule has 0 fully saturated rings. The fourth-order valence-corrected chi connectivity index (χ4v) is 4.60. The molecule has 0 saturated heterocycles. The Bertz CT molecular complexity index is 654. The van der Waals surface area contributed by atoms with Gasteiger partial charge in [0.15, 0.2) is 0 Å². The lowest BCUT2D eigenvalue weighted by Crippen LogP contribution is -2.38. The number of nitrogens with zero attached hydrogens (tertiary/aromatic N) is 1. The molecule has 1 aromatic carbocycles. The number of ether oxygens (including phenoxy) is 2. The summed E-state index contributed by atoms with van der Waals surface area (Å²) in [6, 6.07) is 8.06. The number of carbonyl (C=O) groups is 2. The van der Waals surface area contributed by atoms with Crippen molar-refractivity contribution in [2.24, 2.45) is 0 Å². The van der Waals surface area contributed by atoms with Crippen LogP contribution in [0.5, 0.6) is 0 Å². The maximum absolute atomic E-state index is 12.4. The molecular weight excluding hydrogens is 494 g/mol. The molecule has 1 rings (SSSR count). The van der Waals surface area contributed by atoms with Crippen LogP contribution >= 0.6 is 31.9 Å². The van der Waals surface area contributed by atoms with Gasteiger partial charge in [-0.3, -0.25) is 9.59 Å². The number of benzene rings is 1. The summed E-state index contributed by atoms with van der Waals surface area (Å²) in [6.45, 7) is 5.59. The fourth-order valence-electron chi connectivity index (χ4n) is 1.64. The first-order chi connectivity index (χ1) is 12.2. The molecule has 1 atom stereocenters. The Labute approximate surface area is 171 Å². The van der Waals surface area contributed by atoms with E-state index >= 15 is 0 Å². The fraction of sp³-hybridized carbons (Fsp3) is 0.500. The summed E-state index contributed by atoms with van der Waals surface area (Å²) in [5.74, 6) is -0.695. The van der Waals surface area contributed by atoms with E-state index in [-0.39, 0.29) is 29.5 Å². The lowest BCUT2D eigenvalue weighted by Gasteiger charge is -2.21. The number of rotatable bonds is 8. The Hall–Kier alpha value is -0.970. The molecule has 0 bridgehead atoms. The molecule has 0 N–H and O–H groups in total. The minimum atomic E-state index is -3.65.